The molecule has 0 unspecified atom stereocenters. The first-order valence-corrected chi connectivity index (χ1v) is 10.1. The first-order chi connectivity index (χ1) is 11.9. The van der Waals surface area contributed by atoms with Crippen molar-refractivity contribution < 1.29 is 14.3 Å². The molecule has 0 aliphatic heterocycles. The minimum atomic E-state index is -0.175. The van der Waals surface area contributed by atoms with Crippen LogP contribution in [0.3, 0.4) is 0 Å². The number of ether oxygens (including phenoxy) is 2. The Morgan fingerprint density at radius 1 is 1.32 bits per heavy atom. The molecule has 0 spiro atoms. The van der Waals surface area contributed by atoms with Crippen LogP contribution in [0, 0.1) is 17.3 Å². The van der Waals surface area contributed by atoms with E-state index >= 15 is 0 Å². The zero-order chi connectivity index (χ0) is 18.0. The Balaban J connectivity index is 1.54. The van der Waals surface area contributed by atoms with Crippen LogP contribution >= 0.6 is 43.2 Å². The predicted octanol–water partition coefficient (Wildman–Crippen LogP) is 5.88. The Kier molecular flexibility index (Phi) is 5.65. The van der Waals surface area contributed by atoms with Crippen molar-refractivity contribution in [2.45, 2.75) is 20.5 Å². The molecular formula is C18H17Br2NO3S. The molecule has 1 saturated carbocycles. The Morgan fingerprint density at radius 3 is 2.72 bits per heavy atom. The van der Waals surface area contributed by atoms with Gasteiger partial charge in [0.2, 0.25) is 0 Å². The Hall–Kier alpha value is -1.18. The molecule has 0 radical (unpaired) electrons. The highest BCUT2D eigenvalue weighted by Gasteiger charge is 2.61. The van der Waals surface area contributed by atoms with Gasteiger partial charge in [0.1, 0.15) is 12.4 Å². The molecule has 132 valence electrons. The molecule has 1 aromatic carbocycles. The summed E-state index contributed by atoms with van der Waals surface area (Å²) in [6, 6.07) is 9.46. The van der Waals surface area contributed by atoms with Gasteiger partial charge in [0, 0.05) is 6.20 Å². The summed E-state index contributed by atoms with van der Waals surface area (Å²) >= 11 is 8.08. The standard InChI is InChI=1S/C18H17Br2NO3S/c1-18(2)13(8-14(19)20)15(18)16(22)23-10-12-9-21-17(25-12)24-11-6-4-3-5-7-11/h3-9,13,15H,10H2,1-2H3/t13-,15+/m1/s1. The van der Waals surface area contributed by atoms with E-state index in [-0.39, 0.29) is 29.8 Å². The summed E-state index contributed by atoms with van der Waals surface area (Å²) in [5.74, 6) is 0.610. The number of hydrogen-bond donors (Lipinski definition) is 0. The Bertz CT molecular complexity index is 785. The molecule has 2 atom stereocenters. The zero-order valence-electron chi connectivity index (χ0n) is 13.7. The average molecular weight is 487 g/mol. The summed E-state index contributed by atoms with van der Waals surface area (Å²) in [6.45, 7) is 4.36. The summed E-state index contributed by atoms with van der Waals surface area (Å²) in [7, 11) is 0. The van der Waals surface area contributed by atoms with Gasteiger partial charge in [0.15, 0.2) is 0 Å². The topological polar surface area (TPSA) is 48.4 Å². The van der Waals surface area contributed by atoms with Crippen molar-refractivity contribution in [3.8, 4) is 10.9 Å². The zero-order valence-corrected chi connectivity index (χ0v) is 17.7. The summed E-state index contributed by atoms with van der Waals surface area (Å²) in [5.41, 5.74) is -0.0842. The number of halogens is 2. The van der Waals surface area contributed by atoms with Crippen molar-refractivity contribution in [2.75, 3.05) is 0 Å². The minimum absolute atomic E-state index is 0.0842. The lowest BCUT2D eigenvalue weighted by molar-refractivity contribution is -0.147. The molecule has 0 bridgehead atoms. The van der Waals surface area contributed by atoms with E-state index in [0.29, 0.717) is 5.19 Å². The number of carbonyl (C=O) groups excluding carboxylic acids is 1. The normalized spacial score (nSPS) is 20.6. The first-order valence-electron chi connectivity index (χ1n) is 7.75. The highest BCUT2D eigenvalue weighted by atomic mass is 79.9. The third-order valence-corrected chi connectivity index (χ3v) is 5.69. The second kappa shape index (κ2) is 7.60. The molecule has 25 heavy (non-hydrogen) atoms. The molecule has 1 aliphatic carbocycles. The van der Waals surface area contributed by atoms with Crippen LogP contribution in [0.25, 0.3) is 0 Å². The third kappa shape index (κ3) is 4.51. The number of para-hydroxylation sites is 1. The van der Waals surface area contributed by atoms with Crippen LogP contribution < -0.4 is 4.74 Å². The van der Waals surface area contributed by atoms with Crippen LogP contribution in [0.2, 0.25) is 0 Å². The molecule has 0 N–H and O–H groups in total. The van der Waals surface area contributed by atoms with E-state index in [2.05, 4.69) is 50.7 Å². The predicted molar refractivity (Wildman–Crippen MR) is 105 cm³/mol. The number of rotatable bonds is 6. The summed E-state index contributed by atoms with van der Waals surface area (Å²) in [6.07, 6.45) is 3.69. The number of benzene rings is 1. The van der Waals surface area contributed by atoms with Crippen molar-refractivity contribution in [3.63, 3.8) is 0 Å². The molecule has 4 nitrogen and oxygen atoms in total. The molecule has 1 aromatic heterocycles. The van der Waals surface area contributed by atoms with Crippen LogP contribution in [0.4, 0.5) is 0 Å². The molecule has 0 amide bonds. The van der Waals surface area contributed by atoms with Gasteiger partial charge in [-0.05, 0) is 55.3 Å². The van der Waals surface area contributed by atoms with E-state index in [1.807, 2.05) is 36.4 Å². The summed E-state index contributed by atoms with van der Waals surface area (Å²) in [4.78, 5) is 17.4. The fourth-order valence-corrected chi connectivity index (χ4v) is 4.06. The SMILES string of the molecule is CC1(C)[C@H](C=C(Br)Br)[C@H]1C(=O)OCc1cnc(Oc2ccccc2)s1. The molecule has 1 fully saturated rings. The lowest BCUT2D eigenvalue weighted by atomic mass is 10.1. The molecular weight excluding hydrogens is 470 g/mol. The smallest absolute Gasteiger partial charge is 0.310 e. The molecule has 1 aliphatic rings. The van der Waals surface area contributed by atoms with Gasteiger partial charge in [0.25, 0.3) is 5.19 Å². The fourth-order valence-electron chi connectivity index (χ4n) is 2.80. The van der Waals surface area contributed by atoms with Crippen LogP contribution in [0.1, 0.15) is 18.7 Å². The monoisotopic (exact) mass is 485 g/mol. The first kappa shape index (κ1) is 18.6. The third-order valence-electron chi connectivity index (χ3n) is 4.31. The molecule has 1 heterocycles. The van der Waals surface area contributed by atoms with Gasteiger partial charge in [-0.2, -0.15) is 0 Å². The van der Waals surface area contributed by atoms with E-state index in [1.54, 1.807) is 6.20 Å². The van der Waals surface area contributed by atoms with Crippen molar-refractivity contribution in [1.29, 1.82) is 0 Å². The van der Waals surface area contributed by atoms with Gasteiger partial charge in [-0.3, -0.25) is 4.79 Å². The van der Waals surface area contributed by atoms with E-state index in [4.69, 9.17) is 9.47 Å². The highest BCUT2D eigenvalue weighted by molar-refractivity contribution is 9.28. The highest BCUT2D eigenvalue weighted by Crippen LogP contribution is 2.60. The summed E-state index contributed by atoms with van der Waals surface area (Å²) in [5, 5.41) is 0.535. The maximum Gasteiger partial charge on any atom is 0.310 e. The minimum Gasteiger partial charge on any atom is -0.460 e. The van der Waals surface area contributed by atoms with Crippen LogP contribution in [-0.2, 0) is 16.1 Å². The van der Waals surface area contributed by atoms with E-state index in [0.717, 1.165) is 14.0 Å². The number of nitrogens with zero attached hydrogens (tertiary/aromatic N) is 1. The van der Waals surface area contributed by atoms with Gasteiger partial charge in [0.05, 0.1) is 14.2 Å². The quantitative estimate of drug-likeness (QED) is 0.478. The maximum atomic E-state index is 12.4. The number of hydrogen-bond acceptors (Lipinski definition) is 5. The lowest BCUT2D eigenvalue weighted by Crippen LogP contribution is -2.10. The fraction of sp³-hybridized carbons (Fsp3) is 0.333. The van der Waals surface area contributed by atoms with E-state index < -0.39 is 0 Å². The molecule has 7 heteroatoms. The molecule has 2 aromatic rings. The Morgan fingerprint density at radius 2 is 2.04 bits per heavy atom. The van der Waals surface area contributed by atoms with Gasteiger partial charge in [-0.25, -0.2) is 4.98 Å². The van der Waals surface area contributed by atoms with Gasteiger partial charge in [-0.1, -0.05) is 49.5 Å². The van der Waals surface area contributed by atoms with Crippen molar-refractivity contribution in [3.05, 3.63) is 50.9 Å². The maximum absolute atomic E-state index is 12.4. The second-order valence-corrected chi connectivity index (χ2v) is 10.2. The van der Waals surface area contributed by atoms with E-state index in [1.165, 1.54) is 11.3 Å². The number of esters is 1. The number of aromatic nitrogens is 1. The number of thiazole rings is 1. The van der Waals surface area contributed by atoms with Crippen LogP contribution in [0.5, 0.6) is 10.9 Å². The number of carbonyl (C=O) groups is 1. The van der Waals surface area contributed by atoms with Gasteiger partial charge < -0.3 is 9.47 Å². The molecule has 0 saturated heterocycles. The van der Waals surface area contributed by atoms with Crippen molar-refractivity contribution in [2.24, 2.45) is 17.3 Å². The lowest BCUT2D eigenvalue weighted by Gasteiger charge is -2.04. The average Bonchev–Trinajstić information content (AvgIpc) is 2.90. The van der Waals surface area contributed by atoms with Gasteiger partial charge >= 0.3 is 5.97 Å². The van der Waals surface area contributed by atoms with Crippen LogP contribution in [0.15, 0.2) is 46.0 Å². The Labute approximate surface area is 167 Å². The van der Waals surface area contributed by atoms with Crippen LogP contribution in [-0.4, -0.2) is 11.0 Å². The van der Waals surface area contributed by atoms with Gasteiger partial charge in [-0.15, -0.1) is 0 Å². The van der Waals surface area contributed by atoms with Crippen molar-refractivity contribution >= 4 is 49.2 Å². The summed E-state index contributed by atoms with van der Waals surface area (Å²) < 4.78 is 12.0. The largest absolute Gasteiger partial charge is 0.460 e. The van der Waals surface area contributed by atoms with E-state index in [9.17, 15) is 4.79 Å². The van der Waals surface area contributed by atoms with Crippen molar-refractivity contribution in [1.82, 2.24) is 4.98 Å². The second-order valence-electron chi connectivity index (χ2n) is 6.40. The molecule has 3 rings (SSSR count). The number of allylic oxidation sites excluding steroid dienone is 1.